The van der Waals surface area contributed by atoms with E-state index in [9.17, 15) is 0 Å². The van der Waals surface area contributed by atoms with Crippen molar-refractivity contribution >= 4 is 28.9 Å². The molecular formula is C10H18ClN3O2S. The zero-order valence-corrected chi connectivity index (χ0v) is 11.4. The van der Waals surface area contributed by atoms with Crippen LogP contribution in [-0.4, -0.2) is 49.4 Å². The van der Waals surface area contributed by atoms with Crippen LogP contribution in [0.25, 0.3) is 0 Å². The predicted molar refractivity (Wildman–Crippen MR) is 70.7 cm³/mol. The first kappa shape index (κ1) is 14.7. The number of ether oxygens (including phenoxy) is 2. The second-order valence-corrected chi connectivity index (χ2v) is 4.99. The molecule has 0 bridgehead atoms. The van der Waals surface area contributed by atoms with Crippen molar-refractivity contribution in [2.24, 2.45) is 0 Å². The van der Waals surface area contributed by atoms with Gasteiger partial charge in [0.25, 0.3) is 0 Å². The largest absolute Gasteiger partial charge is 0.382 e. The average molecular weight is 280 g/mol. The van der Waals surface area contributed by atoms with Crippen LogP contribution in [0.5, 0.6) is 0 Å². The van der Waals surface area contributed by atoms with E-state index in [0.717, 1.165) is 26.2 Å². The Morgan fingerprint density at radius 2 is 2.53 bits per heavy atom. The zero-order chi connectivity index (χ0) is 11.4. The van der Waals surface area contributed by atoms with Gasteiger partial charge in [-0.3, -0.25) is 4.90 Å². The highest BCUT2D eigenvalue weighted by molar-refractivity contribution is 7.15. The maximum absolute atomic E-state index is 5.60. The lowest BCUT2D eigenvalue weighted by Gasteiger charge is -2.32. The van der Waals surface area contributed by atoms with Crippen LogP contribution in [0.1, 0.15) is 4.88 Å². The normalized spacial score (nSPS) is 21.1. The molecule has 0 saturated carbocycles. The number of halogens is 1. The highest BCUT2D eigenvalue weighted by atomic mass is 35.5. The summed E-state index contributed by atoms with van der Waals surface area (Å²) in [5.74, 6) is 0. The molecule has 17 heavy (non-hydrogen) atoms. The average Bonchev–Trinajstić information content (AvgIpc) is 2.65. The van der Waals surface area contributed by atoms with Crippen LogP contribution in [0, 0.1) is 0 Å². The molecule has 1 aromatic rings. The van der Waals surface area contributed by atoms with Crippen molar-refractivity contribution in [3.8, 4) is 0 Å². The van der Waals surface area contributed by atoms with Crippen molar-refractivity contribution in [1.29, 1.82) is 0 Å². The minimum absolute atomic E-state index is 0. The van der Waals surface area contributed by atoms with Crippen LogP contribution in [-0.2, 0) is 16.0 Å². The highest BCUT2D eigenvalue weighted by Gasteiger charge is 2.20. The van der Waals surface area contributed by atoms with Crippen molar-refractivity contribution in [2.45, 2.75) is 12.6 Å². The van der Waals surface area contributed by atoms with Crippen molar-refractivity contribution < 1.29 is 9.47 Å². The summed E-state index contributed by atoms with van der Waals surface area (Å²) in [4.78, 5) is 7.60. The molecule has 98 valence electrons. The van der Waals surface area contributed by atoms with E-state index >= 15 is 0 Å². The second-order valence-electron chi connectivity index (χ2n) is 3.85. The molecule has 1 aromatic heterocycles. The summed E-state index contributed by atoms with van der Waals surface area (Å²) in [5, 5.41) is 0.636. The van der Waals surface area contributed by atoms with E-state index in [0.29, 0.717) is 11.7 Å². The second kappa shape index (κ2) is 7.13. The molecule has 7 heteroatoms. The first-order valence-electron chi connectivity index (χ1n) is 5.31. The number of anilines is 1. The first-order chi connectivity index (χ1) is 7.78. The molecule has 0 aliphatic carbocycles. The first-order valence-corrected chi connectivity index (χ1v) is 6.12. The summed E-state index contributed by atoms with van der Waals surface area (Å²) in [6.45, 7) is 4.19. The van der Waals surface area contributed by atoms with Crippen molar-refractivity contribution in [3.63, 3.8) is 0 Å². The molecule has 2 rings (SSSR count). The Labute approximate surface area is 111 Å². The van der Waals surface area contributed by atoms with Gasteiger partial charge in [0.1, 0.15) is 0 Å². The fourth-order valence-corrected chi connectivity index (χ4v) is 2.55. The topological polar surface area (TPSA) is 60.6 Å². The minimum Gasteiger partial charge on any atom is -0.382 e. The number of hydrogen-bond acceptors (Lipinski definition) is 6. The summed E-state index contributed by atoms with van der Waals surface area (Å²) in [7, 11) is 1.70. The summed E-state index contributed by atoms with van der Waals surface area (Å²) in [6.07, 6.45) is 2.03. The van der Waals surface area contributed by atoms with E-state index in [2.05, 4.69) is 9.88 Å². The molecule has 1 atom stereocenters. The van der Waals surface area contributed by atoms with Gasteiger partial charge in [0.2, 0.25) is 0 Å². The number of thiazole rings is 1. The molecule has 2 N–H and O–H groups in total. The summed E-state index contributed by atoms with van der Waals surface area (Å²) >= 11 is 1.55. The van der Waals surface area contributed by atoms with Gasteiger partial charge in [-0.1, -0.05) is 0 Å². The Kier molecular flexibility index (Phi) is 6.15. The van der Waals surface area contributed by atoms with Gasteiger partial charge in [-0.2, -0.15) is 0 Å². The number of nitrogen functional groups attached to an aromatic ring is 1. The molecule has 1 aliphatic rings. The number of rotatable bonds is 4. The molecule has 1 fully saturated rings. The van der Waals surface area contributed by atoms with Gasteiger partial charge in [-0.25, -0.2) is 4.98 Å². The molecule has 0 aromatic carbocycles. The summed E-state index contributed by atoms with van der Waals surface area (Å²) < 4.78 is 10.7. The van der Waals surface area contributed by atoms with Crippen LogP contribution < -0.4 is 5.73 Å². The number of aromatic nitrogens is 1. The highest BCUT2D eigenvalue weighted by Crippen LogP contribution is 2.18. The van der Waals surface area contributed by atoms with Crippen LogP contribution in [0.2, 0.25) is 0 Å². The molecule has 0 amide bonds. The van der Waals surface area contributed by atoms with Gasteiger partial charge in [0, 0.05) is 37.8 Å². The van der Waals surface area contributed by atoms with Gasteiger partial charge in [-0.15, -0.1) is 23.7 Å². The fraction of sp³-hybridized carbons (Fsp3) is 0.700. The van der Waals surface area contributed by atoms with E-state index < -0.39 is 0 Å². The Balaban J connectivity index is 0.00000144. The predicted octanol–water partition coefficient (Wildman–Crippen LogP) is 0.994. The number of methoxy groups -OCH3 is 1. The maximum Gasteiger partial charge on any atom is 0.180 e. The van der Waals surface area contributed by atoms with Gasteiger partial charge in [-0.05, 0) is 0 Å². The molecule has 0 radical (unpaired) electrons. The number of nitrogens with two attached hydrogens (primary N) is 1. The van der Waals surface area contributed by atoms with Crippen LogP contribution >= 0.6 is 23.7 Å². The van der Waals surface area contributed by atoms with E-state index in [-0.39, 0.29) is 18.5 Å². The van der Waals surface area contributed by atoms with Gasteiger partial charge in [0.05, 0.1) is 19.3 Å². The van der Waals surface area contributed by atoms with Crippen molar-refractivity contribution in [2.75, 3.05) is 39.1 Å². The molecule has 1 aliphatic heterocycles. The van der Waals surface area contributed by atoms with Gasteiger partial charge < -0.3 is 15.2 Å². The maximum atomic E-state index is 5.60. The molecule has 2 heterocycles. The molecule has 1 saturated heterocycles. The van der Waals surface area contributed by atoms with Gasteiger partial charge in [0.15, 0.2) is 5.13 Å². The van der Waals surface area contributed by atoms with Crippen molar-refractivity contribution in [1.82, 2.24) is 9.88 Å². The Hall–Kier alpha value is -0.400. The monoisotopic (exact) mass is 279 g/mol. The van der Waals surface area contributed by atoms with E-state index in [1.54, 1.807) is 18.4 Å². The lowest BCUT2D eigenvalue weighted by atomic mass is 10.3. The third-order valence-electron chi connectivity index (χ3n) is 2.53. The quantitative estimate of drug-likeness (QED) is 0.891. The third kappa shape index (κ3) is 4.40. The van der Waals surface area contributed by atoms with E-state index in [4.69, 9.17) is 15.2 Å². The Bertz CT molecular complexity index is 335. The van der Waals surface area contributed by atoms with Crippen LogP contribution in [0.4, 0.5) is 5.13 Å². The Morgan fingerprint density at radius 3 is 3.18 bits per heavy atom. The summed E-state index contributed by atoms with van der Waals surface area (Å²) in [5.41, 5.74) is 5.60. The lowest BCUT2D eigenvalue weighted by Crippen LogP contribution is -2.43. The standard InChI is InChI=1S/C10H17N3O2S.ClH/c1-14-7-8-5-13(2-3-15-8)6-9-4-12-10(11)16-9;/h4,8H,2-3,5-7H2,1H3,(H2,11,12);1H. The van der Waals surface area contributed by atoms with Crippen LogP contribution in [0.15, 0.2) is 6.20 Å². The molecular weight excluding hydrogens is 262 g/mol. The smallest absolute Gasteiger partial charge is 0.180 e. The van der Waals surface area contributed by atoms with E-state index in [1.807, 2.05) is 6.20 Å². The van der Waals surface area contributed by atoms with E-state index in [1.165, 1.54) is 4.88 Å². The van der Waals surface area contributed by atoms with Crippen molar-refractivity contribution in [3.05, 3.63) is 11.1 Å². The number of nitrogens with zero attached hydrogens (tertiary/aromatic N) is 2. The lowest BCUT2D eigenvalue weighted by molar-refractivity contribution is -0.0629. The minimum atomic E-state index is 0. The number of morpholine rings is 1. The fourth-order valence-electron chi connectivity index (χ4n) is 1.83. The third-order valence-corrected chi connectivity index (χ3v) is 3.34. The molecule has 5 nitrogen and oxygen atoms in total. The molecule has 0 spiro atoms. The molecule has 1 unspecified atom stereocenters. The SMILES string of the molecule is COCC1CN(Cc2cnc(N)s2)CCO1.Cl. The van der Waals surface area contributed by atoms with Gasteiger partial charge >= 0.3 is 0 Å². The van der Waals surface area contributed by atoms with Crippen LogP contribution in [0.3, 0.4) is 0 Å². The zero-order valence-electron chi connectivity index (χ0n) is 9.80. The summed E-state index contributed by atoms with van der Waals surface area (Å²) in [6, 6.07) is 0. The Morgan fingerprint density at radius 1 is 1.71 bits per heavy atom. The number of hydrogen-bond donors (Lipinski definition) is 1.